The average Bonchev–Trinajstić information content (AvgIpc) is 3.16. The second-order valence-electron chi connectivity index (χ2n) is 11.1. The number of piperidine rings is 1. The van der Waals surface area contributed by atoms with Gasteiger partial charge in [0.05, 0.1) is 28.5 Å². The van der Waals surface area contributed by atoms with E-state index in [9.17, 15) is 14.0 Å². The number of fused-ring (bicyclic) bond motifs is 1. The van der Waals surface area contributed by atoms with Crippen molar-refractivity contribution in [3.05, 3.63) is 53.9 Å². The molecule has 2 aromatic heterocycles. The number of ether oxygens (including phenoxy) is 2. The SMILES string of the molecule is CC(C)(C)OC(=O)c1cc(F)ccc1-n1cc(C2CCN(C(=O)OC(C)(C)C)CC2)c2ncncc21. The van der Waals surface area contributed by atoms with Crippen LogP contribution in [-0.2, 0) is 9.47 Å². The topological polar surface area (TPSA) is 86.5 Å². The summed E-state index contributed by atoms with van der Waals surface area (Å²) in [7, 11) is 0. The van der Waals surface area contributed by atoms with E-state index in [-0.39, 0.29) is 17.6 Å². The number of rotatable bonds is 3. The molecular formula is C27H33FN4O4. The Labute approximate surface area is 210 Å². The van der Waals surface area contributed by atoms with Crippen LogP contribution < -0.4 is 0 Å². The maximum absolute atomic E-state index is 14.2. The molecule has 9 heteroatoms. The second-order valence-corrected chi connectivity index (χ2v) is 11.1. The minimum atomic E-state index is -0.726. The van der Waals surface area contributed by atoms with Gasteiger partial charge in [0.1, 0.15) is 23.3 Å². The Bertz CT molecular complexity index is 1280. The lowest BCUT2D eigenvalue weighted by molar-refractivity contribution is 0.00682. The van der Waals surface area contributed by atoms with Crippen molar-refractivity contribution in [2.24, 2.45) is 0 Å². The normalized spacial score (nSPS) is 15.2. The lowest BCUT2D eigenvalue weighted by Gasteiger charge is -2.33. The van der Waals surface area contributed by atoms with Crippen LogP contribution >= 0.6 is 0 Å². The molecule has 8 nitrogen and oxygen atoms in total. The first-order valence-electron chi connectivity index (χ1n) is 12.1. The number of amides is 1. The van der Waals surface area contributed by atoms with Crippen LogP contribution in [0.1, 0.15) is 76.2 Å². The van der Waals surface area contributed by atoms with Crippen molar-refractivity contribution in [2.45, 2.75) is 71.5 Å². The summed E-state index contributed by atoms with van der Waals surface area (Å²) in [5.41, 5.74) is 1.81. The molecule has 0 atom stereocenters. The highest BCUT2D eigenvalue weighted by molar-refractivity contribution is 5.95. The fourth-order valence-corrected chi connectivity index (χ4v) is 4.40. The summed E-state index contributed by atoms with van der Waals surface area (Å²) in [6.45, 7) is 12.0. The van der Waals surface area contributed by atoms with Crippen LogP contribution in [-0.4, -0.2) is 55.8 Å². The molecule has 36 heavy (non-hydrogen) atoms. The summed E-state index contributed by atoms with van der Waals surface area (Å²) in [5.74, 6) is -0.988. The van der Waals surface area contributed by atoms with Gasteiger partial charge >= 0.3 is 12.1 Å². The number of aromatic nitrogens is 3. The molecule has 1 saturated heterocycles. The van der Waals surface area contributed by atoms with Gasteiger partial charge in [-0.25, -0.2) is 23.9 Å². The van der Waals surface area contributed by atoms with E-state index < -0.39 is 23.0 Å². The molecule has 0 bridgehead atoms. The van der Waals surface area contributed by atoms with Crippen LogP contribution in [0, 0.1) is 5.82 Å². The minimum Gasteiger partial charge on any atom is -0.456 e. The van der Waals surface area contributed by atoms with E-state index in [0.29, 0.717) is 24.3 Å². The molecule has 0 aliphatic carbocycles. The predicted molar refractivity (Wildman–Crippen MR) is 134 cm³/mol. The molecule has 4 rings (SSSR count). The number of carbonyl (C=O) groups is 2. The summed E-state index contributed by atoms with van der Waals surface area (Å²) in [6, 6.07) is 4.08. The molecular weight excluding hydrogens is 463 g/mol. The molecule has 1 amide bonds. The molecule has 0 spiro atoms. The number of nitrogens with zero attached hydrogens (tertiary/aromatic N) is 4. The van der Waals surface area contributed by atoms with Crippen LogP contribution in [0.4, 0.5) is 9.18 Å². The first kappa shape index (κ1) is 25.6. The predicted octanol–water partition coefficient (Wildman–Crippen LogP) is 5.63. The summed E-state index contributed by atoms with van der Waals surface area (Å²) >= 11 is 0. The zero-order valence-corrected chi connectivity index (χ0v) is 21.7. The van der Waals surface area contributed by atoms with Crippen molar-refractivity contribution < 1.29 is 23.5 Å². The maximum atomic E-state index is 14.2. The average molecular weight is 497 g/mol. The molecule has 1 aliphatic rings. The van der Waals surface area contributed by atoms with Crippen molar-refractivity contribution in [3.63, 3.8) is 0 Å². The Kier molecular flexibility index (Phi) is 6.77. The van der Waals surface area contributed by atoms with Gasteiger partial charge in [0.25, 0.3) is 0 Å². The Morgan fingerprint density at radius 1 is 1.03 bits per heavy atom. The third-order valence-corrected chi connectivity index (χ3v) is 5.92. The van der Waals surface area contributed by atoms with Gasteiger partial charge < -0.3 is 18.9 Å². The van der Waals surface area contributed by atoms with Crippen molar-refractivity contribution >= 4 is 23.1 Å². The Morgan fingerprint density at radius 2 is 1.69 bits per heavy atom. The third-order valence-electron chi connectivity index (χ3n) is 5.92. The van der Waals surface area contributed by atoms with Crippen LogP contribution in [0.3, 0.4) is 0 Å². The quantitative estimate of drug-likeness (QED) is 0.437. The summed E-state index contributed by atoms with van der Waals surface area (Å²) in [4.78, 5) is 35.9. The molecule has 3 aromatic rings. The number of hydrogen-bond acceptors (Lipinski definition) is 6. The summed E-state index contributed by atoms with van der Waals surface area (Å²) < 4.78 is 27.1. The molecule has 0 saturated carbocycles. The lowest BCUT2D eigenvalue weighted by Crippen LogP contribution is -2.41. The molecule has 1 aromatic carbocycles. The van der Waals surface area contributed by atoms with Gasteiger partial charge in [-0.2, -0.15) is 0 Å². The van der Waals surface area contributed by atoms with E-state index in [1.807, 2.05) is 31.5 Å². The number of hydrogen-bond donors (Lipinski definition) is 0. The zero-order valence-electron chi connectivity index (χ0n) is 21.7. The number of carbonyl (C=O) groups excluding carboxylic acids is 2. The molecule has 0 radical (unpaired) electrons. The van der Waals surface area contributed by atoms with Gasteiger partial charge in [0, 0.05) is 19.3 Å². The number of benzene rings is 1. The van der Waals surface area contributed by atoms with Crippen LogP contribution in [0.2, 0.25) is 0 Å². The Hall–Kier alpha value is -3.49. The second kappa shape index (κ2) is 9.52. The zero-order chi connectivity index (χ0) is 26.3. The minimum absolute atomic E-state index is 0.122. The van der Waals surface area contributed by atoms with Crippen molar-refractivity contribution in [2.75, 3.05) is 13.1 Å². The van der Waals surface area contributed by atoms with Gasteiger partial charge in [-0.3, -0.25) is 0 Å². The third kappa shape index (κ3) is 5.66. The lowest BCUT2D eigenvalue weighted by atomic mass is 9.90. The highest BCUT2D eigenvalue weighted by Gasteiger charge is 2.30. The van der Waals surface area contributed by atoms with Crippen LogP contribution in [0.5, 0.6) is 0 Å². The summed E-state index contributed by atoms with van der Waals surface area (Å²) in [6.07, 6.45) is 6.29. The van der Waals surface area contributed by atoms with E-state index in [1.165, 1.54) is 18.5 Å². The first-order chi connectivity index (χ1) is 16.8. The van der Waals surface area contributed by atoms with Crippen LogP contribution in [0.25, 0.3) is 16.7 Å². The molecule has 192 valence electrons. The Morgan fingerprint density at radius 3 is 2.33 bits per heavy atom. The number of likely N-dealkylation sites (tertiary alicyclic amines) is 1. The van der Waals surface area contributed by atoms with Gasteiger partial charge in [-0.15, -0.1) is 0 Å². The number of halogens is 1. The Balaban J connectivity index is 1.67. The highest BCUT2D eigenvalue weighted by Crippen LogP contribution is 2.35. The van der Waals surface area contributed by atoms with Crippen molar-refractivity contribution in [1.82, 2.24) is 19.4 Å². The molecule has 1 aliphatic heterocycles. The van der Waals surface area contributed by atoms with Crippen molar-refractivity contribution in [3.8, 4) is 5.69 Å². The van der Waals surface area contributed by atoms with E-state index in [0.717, 1.165) is 23.9 Å². The van der Waals surface area contributed by atoms with E-state index in [2.05, 4.69) is 9.97 Å². The number of esters is 1. The fourth-order valence-electron chi connectivity index (χ4n) is 4.40. The standard InChI is InChI=1S/C27H33FN4O4/c1-26(2,3)35-24(33)19-13-18(28)7-8-21(19)32-15-20(23-22(32)14-29-16-30-23)17-9-11-31(12-10-17)25(34)36-27(4,5)6/h7-8,13-17H,9-12H2,1-6H3. The van der Waals surface area contributed by atoms with Gasteiger partial charge in [-0.05, 0) is 84.1 Å². The van der Waals surface area contributed by atoms with E-state index >= 15 is 0 Å². The fraction of sp³-hybridized carbons (Fsp3) is 0.481. The van der Waals surface area contributed by atoms with Crippen LogP contribution in [0.15, 0.2) is 36.9 Å². The summed E-state index contributed by atoms with van der Waals surface area (Å²) in [5, 5.41) is 0. The van der Waals surface area contributed by atoms with Gasteiger partial charge in [0.2, 0.25) is 0 Å². The smallest absolute Gasteiger partial charge is 0.410 e. The molecule has 0 N–H and O–H groups in total. The van der Waals surface area contributed by atoms with Crippen molar-refractivity contribution in [1.29, 1.82) is 0 Å². The monoisotopic (exact) mass is 496 g/mol. The molecule has 0 unspecified atom stereocenters. The van der Waals surface area contributed by atoms with Gasteiger partial charge in [0.15, 0.2) is 0 Å². The van der Waals surface area contributed by atoms with E-state index in [1.54, 1.807) is 37.9 Å². The largest absolute Gasteiger partial charge is 0.456 e. The molecule has 3 heterocycles. The molecule has 1 fully saturated rings. The van der Waals surface area contributed by atoms with Gasteiger partial charge in [-0.1, -0.05) is 0 Å². The highest BCUT2D eigenvalue weighted by atomic mass is 19.1. The first-order valence-corrected chi connectivity index (χ1v) is 12.1. The van der Waals surface area contributed by atoms with E-state index in [4.69, 9.17) is 9.47 Å². The maximum Gasteiger partial charge on any atom is 0.410 e.